The van der Waals surface area contributed by atoms with Crippen LogP contribution in [0.4, 0.5) is 13.2 Å². The van der Waals surface area contributed by atoms with Crippen LogP contribution in [-0.2, 0) is 16.2 Å². The van der Waals surface area contributed by atoms with E-state index in [0.717, 1.165) is 12.1 Å². The molecule has 0 heterocycles. The Balaban J connectivity index is 3.15. The van der Waals surface area contributed by atoms with E-state index in [0.29, 0.717) is 6.07 Å². The lowest BCUT2D eigenvalue weighted by molar-refractivity contribution is -0.139. The molecule has 9 heteroatoms. The molecular formula is C12H15ClF3NO3S. The van der Waals surface area contributed by atoms with Crippen molar-refractivity contribution >= 4 is 21.6 Å². The third kappa shape index (κ3) is 4.84. The highest BCUT2D eigenvalue weighted by molar-refractivity contribution is 7.89. The molecule has 1 aromatic carbocycles. The summed E-state index contributed by atoms with van der Waals surface area (Å²) in [5.74, 6) is -0.236. The number of halogens is 4. The molecule has 0 aliphatic rings. The van der Waals surface area contributed by atoms with Crippen LogP contribution in [0.1, 0.15) is 19.4 Å². The van der Waals surface area contributed by atoms with E-state index in [9.17, 15) is 26.7 Å². The van der Waals surface area contributed by atoms with Gasteiger partial charge in [-0.3, -0.25) is 0 Å². The van der Waals surface area contributed by atoms with Crippen LogP contribution in [0.25, 0.3) is 0 Å². The Kier molecular flexibility index (Phi) is 5.65. The van der Waals surface area contributed by atoms with Crippen LogP contribution in [0.2, 0.25) is 5.02 Å². The monoisotopic (exact) mass is 345 g/mol. The number of aliphatic hydroxyl groups excluding tert-OH is 1. The van der Waals surface area contributed by atoms with Crippen LogP contribution in [0, 0.1) is 5.92 Å². The minimum absolute atomic E-state index is 0.219. The van der Waals surface area contributed by atoms with E-state index >= 15 is 0 Å². The maximum absolute atomic E-state index is 12.9. The molecule has 21 heavy (non-hydrogen) atoms. The van der Waals surface area contributed by atoms with Gasteiger partial charge in [-0.25, -0.2) is 13.1 Å². The minimum atomic E-state index is -4.86. The molecule has 0 radical (unpaired) electrons. The van der Waals surface area contributed by atoms with Crippen molar-refractivity contribution in [2.75, 3.05) is 6.54 Å². The highest BCUT2D eigenvalue weighted by atomic mass is 35.5. The second-order valence-corrected chi connectivity index (χ2v) is 6.97. The van der Waals surface area contributed by atoms with E-state index in [2.05, 4.69) is 0 Å². The standard InChI is InChI=1S/C12H15ClF3NO3S/c1-7(2)10(18)6-17-21(19,20)11-4-3-8(13)5-9(11)12(14,15)16/h3-5,7,10,17-18H,6H2,1-2H3. The zero-order valence-electron chi connectivity index (χ0n) is 11.3. The lowest BCUT2D eigenvalue weighted by Gasteiger charge is -2.17. The van der Waals surface area contributed by atoms with Gasteiger partial charge in [0.2, 0.25) is 10.0 Å². The van der Waals surface area contributed by atoms with Gasteiger partial charge in [-0.2, -0.15) is 13.2 Å². The van der Waals surface area contributed by atoms with Gasteiger partial charge in [-0.15, -0.1) is 0 Å². The SMILES string of the molecule is CC(C)C(O)CNS(=O)(=O)c1ccc(Cl)cc1C(F)(F)F. The Labute approximate surface area is 126 Å². The third-order valence-corrected chi connectivity index (χ3v) is 4.51. The van der Waals surface area contributed by atoms with E-state index in [1.165, 1.54) is 0 Å². The van der Waals surface area contributed by atoms with Crippen molar-refractivity contribution < 1.29 is 26.7 Å². The lowest BCUT2D eigenvalue weighted by atomic mass is 10.1. The van der Waals surface area contributed by atoms with Crippen LogP contribution in [0.3, 0.4) is 0 Å². The number of nitrogens with one attached hydrogen (secondary N) is 1. The quantitative estimate of drug-likeness (QED) is 0.862. The third-order valence-electron chi connectivity index (χ3n) is 2.79. The van der Waals surface area contributed by atoms with E-state index < -0.39 is 32.8 Å². The number of rotatable bonds is 5. The van der Waals surface area contributed by atoms with Crippen LogP contribution < -0.4 is 4.72 Å². The smallest absolute Gasteiger partial charge is 0.391 e. The zero-order chi connectivity index (χ0) is 16.4. The molecule has 0 aliphatic heterocycles. The summed E-state index contributed by atoms with van der Waals surface area (Å²) in [6.45, 7) is 2.94. The first-order chi connectivity index (χ1) is 9.45. The number of aliphatic hydroxyl groups is 1. The topological polar surface area (TPSA) is 66.4 Å². The number of alkyl halides is 3. The first-order valence-corrected chi connectivity index (χ1v) is 7.85. The molecule has 0 saturated carbocycles. The zero-order valence-corrected chi connectivity index (χ0v) is 12.9. The Bertz CT molecular complexity index is 602. The van der Waals surface area contributed by atoms with Crippen LogP contribution >= 0.6 is 11.6 Å². The molecular weight excluding hydrogens is 331 g/mol. The van der Waals surface area contributed by atoms with Crippen LogP contribution in [-0.4, -0.2) is 26.2 Å². The molecule has 0 fully saturated rings. The lowest BCUT2D eigenvalue weighted by Crippen LogP contribution is -2.35. The van der Waals surface area contributed by atoms with E-state index in [4.69, 9.17) is 11.6 Å². The summed E-state index contributed by atoms with van der Waals surface area (Å²) in [6, 6.07) is 2.40. The molecule has 1 rings (SSSR count). The first kappa shape index (κ1) is 18.2. The van der Waals surface area contributed by atoms with Crippen molar-refractivity contribution in [2.45, 2.75) is 31.0 Å². The number of hydrogen-bond acceptors (Lipinski definition) is 3. The second-order valence-electron chi connectivity index (χ2n) is 4.80. The number of sulfonamides is 1. The van der Waals surface area contributed by atoms with Gasteiger partial charge in [0.15, 0.2) is 0 Å². The number of benzene rings is 1. The van der Waals surface area contributed by atoms with Crippen molar-refractivity contribution in [1.29, 1.82) is 0 Å². The van der Waals surface area contributed by atoms with Gasteiger partial charge in [0, 0.05) is 11.6 Å². The van der Waals surface area contributed by atoms with E-state index in [1.807, 2.05) is 4.72 Å². The first-order valence-electron chi connectivity index (χ1n) is 5.99. The molecule has 0 aliphatic carbocycles. The Morgan fingerprint density at radius 2 is 1.90 bits per heavy atom. The van der Waals surface area contributed by atoms with Gasteiger partial charge in [0.05, 0.1) is 16.6 Å². The summed E-state index contributed by atoms with van der Waals surface area (Å²) in [5.41, 5.74) is -1.35. The molecule has 0 saturated heterocycles. The van der Waals surface area contributed by atoms with Gasteiger partial charge in [-0.1, -0.05) is 25.4 Å². The van der Waals surface area contributed by atoms with Crippen molar-refractivity contribution in [1.82, 2.24) is 4.72 Å². The summed E-state index contributed by atoms with van der Waals surface area (Å²) in [5, 5.41) is 9.32. The largest absolute Gasteiger partial charge is 0.417 e. The van der Waals surface area contributed by atoms with Crippen LogP contribution in [0.5, 0.6) is 0 Å². The molecule has 4 nitrogen and oxygen atoms in total. The summed E-state index contributed by atoms with van der Waals surface area (Å²) < 4.78 is 64.6. The molecule has 0 bridgehead atoms. The van der Waals surface area contributed by atoms with Gasteiger partial charge in [0.25, 0.3) is 0 Å². The summed E-state index contributed by atoms with van der Waals surface area (Å²) in [4.78, 5) is -0.921. The molecule has 1 atom stereocenters. The molecule has 0 amide bonds. The van der Waals surface area contributed by atoms with Crippen molar-refractivity contribution in [2.24, 2.45) is 5.92 Å². The highest BCUT2D eigenvalue weighted by Crippen LogP contribution is 2.35. The molecule has 0 aromatic heterocycles. The fraction of sp³-hybridized carbons (Fsp3) is 0.500. The van der Waals surface area contributed by atoms with Gasteiger partial charge in [0.1, 0.15) is 0 Å². The van der Waals surface area contributed by atoms with E-state index in [-0.39, 0.29) is 17.5 Å². The van der Waals surface area contributed by atoms with Gasteiger partial charge >= 0.3 is 6.18 Å². The molecule has 1 aromatic rings. The van der Waals surface area contributed by atoms with Crippen molar-refractivity contribution in [3.8, 4) is 0 Å². The van der Waals surface area contributed by atoms with Crippen LogP contribution in [0.15, 0.2) is 23.1 Å². The van der Waals surface area contributed by atoms with Crippen molar-refractivity contribution in [3.63, 3.8) is 0 Å². The fourth-order valence-corrected chi connectivity index (χ4v) is 2.90. The average Bonchev–Trinajstić information content (AvgIpc) is 2.34. The Morgan fingerprint density at radius 3 is 2.38 bits per heavy atom. The normalized spacial score (nSPS) is 14.5. The molecule has 1 unspecified atom stereocenters. The Hall–Kier alpha value is -0.830. The predicted octanol–water partition coefficient (Wildman–Crippen LogP) is 2.65. The summed E-state index contributed by atoms with van der Waals surface area (Å²) in [7, 11) is -4.41. The summed E-state index contributed by atoms with van der Waals surface area (Å²) >= 11 is 5.49. The van der Waals surface area contributed by atoms with Gasteiger partial charge in [-0.05, 0) is 24.1 Å². The molecule has 2 N–H and O–H groups in total. The van der Waals surface area contributed by atoms with E-state index in [1.54, 1.807) is 13.8 Å². The van der Waals surface area contributed by atoms with Gasteiger partial charge < -0.3 is 5.11 Å². The second kappa shape index (κ2) is 6.51. The fourth-order valence-electron chi connectivity index (χ4n) is 1.47. The maximum atomic E-state index is 12.9. The highest BCUT2D eigenvalue weighted by Gasteiger charge is 2.37. The molecule has 0 spiro atoms. The Morgan fingerprint density at radius 1 is 1.33 bits per heavy atom. The minimum Gasteiger partial charge on any atom is -0.391 e. The van der Waals surface area contributed by atoms with Crippen molar-refractivity contribution in [3.05, 3.63) is 28.8 Å². The molecule has 120 valence electrons. The number of hydrogen-bond donors (Lipinski definition) is 2. The maximum Gasteiger partial charge on any atom is 0.417 e. The summed E-state index contributed by atoms with van der Waals surface area (Å²) in [6.07, 6.45) is -5.85. The average molecular weight is 346 g/mol. The predicted molar refractivity (Wildman–Crippen MR) is 72.5 cm³/mol.